The number of aliphatic hydroxyl groups is 2. The van der Waals surface area contributed by atoms with Crippen molar-refractivity contribution in [3.63, 3.8) is 0 Å². The fraction of sp³-hybridized carbons (Fsp3) is 0.515. The summed E-state index contributed by atoms with van der Waals surface area (Å²) >= 11 is 0. The number of aromatic nitrogens is 3. The standard InChI is InChI=1S/C33H42F2N5O4/c1-21-16-27(38-30(17-21)39-29-18-23(31(34)35)10-13-36-29)24-6-9-28(37-19-24)33(2,43)25-7-4-22(5-8-25)32(42)44-20-40(3)14-11-26(41)12-15-40/h6,9-10,13,16-19,22,25-26,31,41,43H,4-5,7-8,11-12,14-15,20H2,1-3H3,(H,36,38,39)/q+1/t22?,25?,26?,33-,40?/m1/s1. The molecule has 0 unspecified atom stereocenters. The number of carbonyl (C=O) groups excluding carboxylic acids is 1. The number of rotatable bonds is 9. The minimum atomic E-state index is -2.59. The van der Waals surface area contributed by atoms with Crippen molar-refractivity contribution in [1.82, 2.24) is 15.0 Å². The van der Waals surface area contributed by atoms with E-state index in [1.165, 1.54) is 18.3 Å². The topological polar surface area (TPSA) is 117 Å². The smallest absolute Gasteiger partial charge is 0.313 e. The van der Waals surface area contributed by atoms with E-state index < -0.39 is 12.0 Å². The molecule has 4 heterocycles. The number of pyridine rings is 3. The molecule has 3 N–H and O–H groups in total. The van der Waals surface area contributed by atoms with Crippen LogP contribution >= 0.6 is 0 Å². The number of quaternary nitrogens is 1. The number of ether oxygens (including phenoxy) is 1. The van der Waals surface area contributed by atoms with Crippen LogP contribution < -0.4 is 5.32 Å². The fourth-order valence-corrected chi connectivity index (χ4v) is 6.25. The first-order valence-electron chi connectivity index (χ1n) is 15.3. The van der Waals surface area contributed by atoms with Crippen LogP contribution in [0.2, 0.25) is 0 Å². The highest BCUT2D eigenvalue weighted by Crippen LogP contribution is 2.41. The Kier molecular flexibility index (Phi) is 9.57. The van der Waals surface area contributed by atoms with Crippen LogP contribution in [0.5, 0.6) is 0 Å². The lowest BCUT2D eigenvalue weighted by Gasteiger charge is -2.39. The third kappa shape index (κ3) is 7.57. The molecule has 0 amide bonds. The van der Waals surface area contributed by atoms with Crippen molar-refractivity contribution in [2.75, 3.05) is 32.2 Å². The lowest BCUT2D eigenvalue weighted by Crippen LogP contribution is -2.52. The minimum absolute atomic E-state index is 0.0533. The summed E-state index contributed by atoms with van der Waals surface area (Å²) in [6, 6.07) is 9.95. The van der Waals surface area contributed by atoms with Gasteiger partial charge in [-0.15, -0.1) is 0 Å². The monoisotopic (exact) mass is 610 g/mol. The summed E-state index contributed by atoms with van der Waals surface area (Å²) in [4.78, 5) is 26.2. The summed E-state index contributed by atoms with van der Waals surface area (Å²) in [6.07, 6.45) is 4.27. The van der Waals surface area contributed by atoms with Crippen LogP contribution in [0.3, 0.4) is 0 Å². The number of aryl methyl sites for hydroxylation is 1. The lowest BCUT2D eigenvalue weighted by atomic mass is 9.73. The van der Waals surface area contributed by atoms with Crippen LogP contribution in [-0.4, -0.2) is 68.6 Å². The zero-order valence-corrected chi connectivity index (χ0v) is 25.5. The predicted octanol–water partition coefficient (Wildman–Crippen LogP) is 5.64. The SMILES string of the molecule is Cc1cc(Nc2cc(C(F)F)ccn2)nc(-c2ccc([C@](C)(O)C3CCC(C(=O)OC[N+]4(C)CCC(O)CC4)CC3)nc2)c1. The van der Waals surface area contributed by atoms with Gasteiger partial charge in [0.25, 0.3) is 6.43 Å². The van der Waals surface area contributed by atoms with E-state index in [0.29, 0.717) is 54.1 Å². The number of esters is 1. The van der Waals surface area contributed by atoms with Gasteiger partial charge >= 0.3 is 5.97 Å². The number of hydrogen-bond donors (Lipinski definition) is 3. The van der Waals surface area contributed by atoms with Gasteiger partial charge < -0.3 is 20.3 Å². The van der Waals surface area contributed by atoms with Crippen LogP contribution in [0.1, 0.15) is 68.7 Å². The van der Waals surface area contributed by atoms with Crippen molar-refractivity contribution < 1.29 is 33.0 Å². The molecule has 9 nitrogen and oxygen atoms in total. The van der Waals surface area contributed by atoms with E-state index in [4.69, 9.17) is 4.74 Å². The molecule has 236 valence electrons. The molecule has 44 heavy (non-hydrogen) atoms. The molecule has 5 rings (SSSR count). The van der Waals surface area contributed by atoms with Crippen LogP contribution in [0, 0.1) is 18.8 Å². The van der Waals surface area contributed by atoms with E-state index in [0.717, 1.165) is 37.1 Å². The number of aliphatic hydroxyl groups excluding tert-OH is 1. The summed E-state index contributed by atoms with van der Waals surface area (Å²) in [6.45, 7) is 5.61. The molecule has 3 aromatic rings. The number of likely N-dealkylation sites (tertiary alicyclic amines) is 1. The number of nitrogens with one attached hydrogen (secondary N) is 1. The molecule has 2 aliphatic rings. The number of piperidine rings is 1. The van der Waals surface area contributed by atoms with Crippen LogP contribution in [0.25, 0.3) is 11.3 Å². The van der Waals surface area contributed by atoms with E-state index in [-0.39, 0.29) is 35.3 Å². The molecule has 1 aliphatic carbocycles. The molecule has 0 spiro atoms. The summed E-state index contributed by atoms with van der Waals surface area (Å²) < 4.78 is 32.6. The van der Waals surface area contributed by atoms with Crippen molar-refractivity contribution in [3.05, 3.63) is 65.6 Å². The molecular weight excluding hydrogens is 568 g/mol. The number of alkyl halides is 2. The van der Waals surface area contributed by atoms with Gasteiger partial charge in [0.05, 0.1) is 43.5 Å². The molecular formula is C33H42F2N5O4+. The molecule has 1 saturated heterocycles. The second kappa shape index (κ2) is 13.2. The van der Waals surface area contributed by atoms with Gasteiger partial charge in [-0.05, 0) is 87.4 Å². The highest BCUT2D eigenvalue weighted by Gasteiger charge is 2.40. The Labute approximate surface area is 256 Å². The van der Waals surface area contributed by atoms with E-state index in [1.54, 1.807) is 25.3 Å². The Balaban J connectivity index is 1.19. The molecule has 3 aromatic heterocycles. The Hall–Kier alpha value is -3.54. The summed E-state index contributed by atoms with van der Waals surface area (Å²) in [5, 5.41) is 24.3. The third-order valence-corrected chi connectivity index (χ3v) is 9.22. The van der Waals surface area contributed by atoms with Gasteiger partial charge in [-0.25, -0.2) is 18.7 Å². The largest absolute Gasteiger partial charge is 0.415 e. The first kappa shape index (κ1) is 31.9. The maximum Gasteiger partial charge on any atom is 0.313 e. The van der Waals surface area contributed by atoms with Gasteiger partial charge in [0.2, 0.25) is 6.73 Å². The summed E-state index contributed by atoms with van der Waals surface area (Å²) in [7, 11) is 2.06. The van der Waals surface area contributed by atoms with E-state index >= 15 is 0 Å². The van der Waals surface area contributed by atoms with Gasteiger partial charge in [-0.3, -0.25) is 14.3 Å². The summed E-state index contributed by atoms with van der Waals surface area (Å²) in [5.41, 5.74) is 1.56. The highest BCUT2D eigenvalue weighted by molar-refractivity contribution is 5.72. The molecule has 0 radical (unpaired) electrons. The van der Waals surface area contributed by atoms with E-state index in [9.17, 15) is 23.8 Å². The first-order chi connectivity index (χ1) is 20.9. The van der Waals surface area contributed by atoms with E-state index in [1.807, 2.05) is 19.1 Å². The molecule has 1 atom stereocenters. The second-order valence-electron chi connectivity index (χ2n) is 12.8. The van der Waals surface area contributed by atoms with E-state index in [2.05, 4.69) is 27.3 Å². The Morgan fingerprint density at radius 3 is 2.45 bits per heavy atom. The number of anilines is 2. The molecule has 0 aromatic carbocycles. The van der Waals surface area contributed by atoms with Crippen molar-refractivity contribution in [3.8, 4) is 11.3 Å². The van der Waals surface area contributed by atoms with Crippen molar-refractivity contribution in [1.29, 1.82) is 0 Å². The average Bonchev–Trinajstić information content (AvgIpc) is 3.01. The average molecular weight is 611 g/mol. The zero-order chi connectivity index (χ0) is 31.5. The number of nitrogens with zero attached hydrogens (tertiary/aromatic N) is 4. The quantitative estimate of drug-likeness (QED) is 0.210. The highest BCUT2D eigenvalue weighted by atomic mass is 19.3. The fourth-order valence-electron chi connectivity index (χ4n) is 6.25. The Morgan fingerprint density at radius 2 is 1.80 bits per heavy atom. The van der Waals surface area contributed by atoms with Crippen LogP contribution in [-0.2, 0) is 15.1 Å². The number of hydrogen-bond acceptors (Lipinski definition) is 8. The number of carbonyl (C=O) groups is 1. The van der Waals surface area contributed by atoms with Gasteiger partial charge in [0.15, 0.2) is 0 Å². The van der Waals surface area contributed by atoms with Gasteiger partial charge in [0.1, 0.15) is 17.2 Å². The number of halogens is 2. The lowest BCUT2D eigenvalue weighted by molar-refractivity contribution is -0.931. The maximum absolute atomic E-state index is 13.1. The molecule has 11 heteroatoms. The molecule has 1 saturated carbocycles. The van der Waals surface area contributed by atoms with Gasteiger partial charge in [0, 0.05) is 36.4 Å². The van der Waals surface area contributed by atoms with Crippen molar-refractivity contribution in [2.45, 2.75) is 70.5 Å². The Morgan fingerprint density at radius 1 is 1.07 bits per heavy atom. The normalized spacial score (nSPS) is 25.3. The summed E-state index contributed by atoms with van der Waals surface area (Å²) in [5.74, 6) is 0.340. The first-order valence-corrected chi connectivity index (χ1v) is 15.3. The van der Waals surface area contributed by atoms with Gasteiger partial charge in [-0.1, -0.05) is 0 Å². The van der Waals surface area contributed by atoms with Gasteiger partial charge in [-0.2, -0.15) is 0 Å². The zero-order valence-electron chi connectivity index (χ0n) is 25.5. The van der Waals surface area contributed by atoms with Crippen LogP contribution in [0.4, 0.5) is 20.4 Å². The second-order valence-corrected chi connectivity index (χ2v) is 12.8. The molecule has 0 bridgehead atoms. The Bertz CT molecular complexity index is 1440. The predicted molar refractivity (Wildman–Crippen MR) is 162 cm³/mol. The molecule has 2 fully saturated rings. The van der Waals surface area contributed by atoms with Crippen molar-refractivity contribution in [2.24, 2.45) is 11.8 Å². The van der Waals surface area contributed by atoms with Crippen LogP contribution in [0.15, 0.2) is 48.8 Å². The minimum Gasteiger partial charge on any atom is -0.415 e. The van der Waals surface area contributed by atoms with Crippen molar-refractivity contribution >= 4 is 17.6 Å². The third-order valence-electron chi connectivity index (χ3n) is 9.22. The maximum atomic E-state index is 13.1. The molecule has 1 aliphatic heterocycles.